The molecule has 0 unspecified atom stereocenters. The van der Waals surface area contributed by atoms with Crippen molar-refractivity contribution >= 4 is 11.7 Å². The predicted molar refractivity (Wildman–Crippen MR) is 77.4 cm³/mol. The molecule has 0 spiro atoms. The van der Waals surface area contributed by atoms with Gasteiger partial charge in [0.15, 0.2) is 0 Å². The van der Waals surface area contributed by atoms with Crippen LogP contribution in [0, 0.1) is 5.92 Å². The van der Waals surface area contributed by atoms with E-state index in [0.29, 0.717) is 23.9 Å². The molecule has 7 heteroatoms. The molecule has 2 N–H and O–H groups in total. The molecular formula is C14H19N5O2. The van der Waals surface area contributed by atoms with Gasteiger partial charge in [0, 0.05) is 6.20 Å². The minimum atomic E-state index is -0.229. The van der Waals surface area contributed by atoms with E-state index >= 15 is 0 Å². The molecule has 0 aromatic carbocycles. The third kappa shape index (κ3) is 4.09. The van der Waals surface area contributed by atoms with E-state index in [4.69, 9.17) is 0 Å². The number of aliphatic hydroxyl groups is 1. The Bertz CT molecular complexity index is 595. The zero-order valence-electron chi connectivity index (χ0n) is 12.2. The maximum Gasteiger partial charge on any atom is 0.247 e. The highest BCUT2D eigenvalue weighted by molar-refractivity contribution is 5.89. The first-order chi connectivity index (χ1) is 10.1. The van der Waals surface area contributed by atoms with Gasteiger partial charge in [-0.3, -0.25) is 4.79 Å². The van der Waals surface area contributed by atoms with Crippen LogP contribution in [0.1, 0.15) is 25.2 Å². The number of carbonyl (C=O) groups excluding carboxylic acids is 1. The number of nitrogens with zero attached hydrogens (tertiary/aromatic N) is 4. The predicted octanol–water partition coefficient (Wildman–Crippen LogP) is 1.00. The van der Waals surface area contributed by atoms with Gasteiger partial charge in [0.05, 0.1) is 12.3 Å². The average molecular weight is 289 g/mol. The molecule has 2 rings (SSSR count). The Kier molecular flexibility index (Phi) is 4.99. The first-order valence-electron chi connectivity index (χ1n) is 6.83. The molecule has 2 heterocycles. The number of aromatic nitrogens is 4. The zero-order chi connectivity index (χ0) is 15.2. The molecule has 0 aliphatic rings. The van der Waals surface area contributed by atoms with Gasteiger partial charge >= 0.3 is 0 Å². The Hall–Kier alpha value is -2.28. The second-order valence-corrected chi connectivity index (χ2v) is 5.16. The van der Waals surface area contributed by atoms with Crippen LogP contribution in [0.25, 0.3) is 0 Å². The Morgan fingerprint density at radius 2 is 2.24 bits per heavy atom. The number of rotatable bonds is 6. The smallest absolute Gasteiger partial charge is 0.247 e. The molecule has 0 aliphatic heterocycles. The first-order valence-corrected chi connectivity index (χ1v) is 6.83. The van der Waals surface area contributed by atoms with Crippen molar-refractivity contribution in [2.24, 2.45) is 5.92 Å². The molecule has 0 aliphatic carbocycles. The molecule has 0 bridgehead atoms. The molecule has 0 saturated heterocycles. The van der Waals surface area contributed by atoms with Gasteiger partial charge in [0.25, 0.3) is 0 Å². The number of aliphatic hydroxyl groups excluding tert-OH is 1. The number of amides is 1. The molecule has 1 amide bonds. The summed E-state index contributed by atoms with van der Waals surface area (Å²) in [6.07, 6.45) is 2.32. The molecular weight excluding hydrogens is 270 g/mol. The van der Waals surface area contributed by atoms with Crippen molar-refractivity contribution in [3.63, 3.8) is 0 Å². The summed E-state index contributed by atoms with van der Waals surface area (Å²) >= 11 is 0. The lowest BCUT2D eigenvalue weighted by Crippen LogP contribution is -2.22. The summed E-state index contributed by atoms with van der Waals surface area (Å²) in [6.45, 7) is 3.99. The van der Waals surface area contributed by atoms with Crippen LogP contribution in [0.5, 0.6) is 0 Å². The van der Waals surface area contributed by atoms with E-state index < -0.39 is 0 Å². The van der Waals surface area contributed by atoms with E-state index in [1.807, 2.05) is 0 Å². The van der Waals surface area contributed by atoms with Crippen LogP contribution in [0.4, 0.5) is 5.82 Å². The molecule has 112 valence electrons. The largest absolute Gasteiger partial charge is 0.390 e. The minimum Gasteiger partial charge on any atom is -0.390 e. The number of pyridine rings is 1. The maximum absolute atomic E-state index is 12.0. The van der Waals surface area contributed by atoms with Crippen molar-refractivity contribution in [1.29, 1.82) is 0 Å². The summed E-state index contributed by atoms with van der Waals surface area (Å²) in [7, 11) is 0. The molecule has 0 radical (unpaired) electrons. The van der Waals surface area contributed by atoms with Crippen molar-refractivity contribution in [1.82, 2.24) is 20.0 Å². The molecule has 0 fully saturated rings. The van der Waals surface area contributed by atoms with E-state index in [2.05, 4.69) is 34.5 Å². The third-order valence-corrected chi connectivity index (χ3v) is 2.90. The van der Waals surface area contributed by atoms with Gasteiger partial charge in [-0.25, -0.2) is 9.67 Å². The Morgan fingerprint density at radius 3 is 2.86 bits per heavy atom. The zero-order valence-corrected chi connectivity index (χ0v) is 12.2. The molecule has 21 heavy (non-hydrogen) atoms. The lowest BCUT2D eigenvalue weighted by atomic mass is 10.1. The summed E-state index contributed by atoms with van der Waals surface area (Å²) in [5.41, 5.74) is 1.32. The highest BCUT2D eigenvalue weighted by Gasteiger charge is 2.16. The summed E-state index contributed by atoms with van der Waals surface area (Å²) in [5.74, 6) is 0.648. The van der Waals surface area contributed by atoms with Gasteiger partial charge in [-0.2, -0.15) is 0 Å². The Balaban J connectivity index is 2.08. The lowest BCUT2D eigenvalue weighted by molar-refractivity contribution is -0.117. The van der Waals surface area contributed by atoms with Gasteiger partial charge in [0.1, 0.15) is 18.1 Å². The van der Waals surface area contributed by atoms with Crippen molar-refractivity contribution in [3.8, 4) is 0 Å². The SMILES string of the molecule is CC(C)Cc1c(CO)nnn1CC(=O)Nc1ccccn1. The van der Waals surface area contributed by atoms with Crippen molar-refractivity contribution in [2.45, 2.75) is 33.4 Å². The monoisotopic (exact) mass is 289 g/mol. The molecule has 2 aromatic rings. The van der Waals surface area contributed by atoms with Crippen LogP contribution in [-0.4, -0.2) is 31.0 Å². The number of nitrogens with one attached hydrogen (secondary N) is 1. The fourth-order valence-corrected chi connectivity index (χ4v) is 1.98. The fraction of sp³-hybridized carbons (Fsp3) is 0.429. The fourth-order valence-electron chi connectivity index (χ4n) is 1.98. The average Bonchev–Trinajstić information content (AvgIpc) is 2.81. The number of carbonyl (C=O) groups is 1. The number of anilines is 1. The van der Waals surface area contributed by atoms with Crippen LogP contribution >= 0.6 is 0 Å². The molecule has 0 atom stereocenters. The first kappa shape index (κ1) is 15.1. The summed E-state index contributed by atoms with van der Waals surface area (Å²) in [5, 5.41) is 19.8. The summed E-state index contributed by atoms with van der Waals surface area (Å²) in [4.78, 5) is 16.1. The minimum absolute atomic E-state index is 0.0472. The van der Waals surface area contributed by atoms with Crippen LogP contribution in [0.2, 0.25) is 0 Å². The topological polar surface area (TPSA) is 92.9 Å². The standard InChI is InChI=1S/C14H19N5O2/c1-10(2)7-12-11(9-20)17-18-19(12)8-14(21)16-13-5-3-4-6-15-13/h3-6,10,20H,7-9H2,1-2H3,(H,15,16,21). The van der Waals surface area contributed by atoms with Crippen molar-refractivity contribution in [2.75, 3.05) is 5.32 Å². The quantitative estimate of drug-likeness (QED) is 0.827. The second kappa shape index (κ2) is 6.94. The summed E-state index contributed by atoms with van der Waals surface area (Å²) < 4.78 is 1.53. The van der Waals surface area contributed by atoms with Crippen molar-refractivity contribution in [3.05, 3.63) is 35.8 Å². The van der Waals surface area contributed by atoms with Gasteiger partial charge in [-0.05, 0) is 24.5 Å². The Labute approximate surface area is 123 Å². The highest BCUT2D eigenvalue weighted by atomic mass is 16.3. The lowest BCUT2D eigenvalue weighted by Gasteiger charge is -2.09. The number of hydrogen-bond acceptors (Lipinski definition) is 5. The molecule has 0 saturated carbocycles. The normalized spacial score (nSPS) is 10.9. The van der Waals surface area contributed by atoms with Gasteiger partial charge in [-0.15, -0.1) is 5.10 Å². The molecule has 2 aromatic heterocycles. The second-order valence-electron chi connectivity index (χ2n) is 5.16. The summed E-state index contributed by atoms with van der Waals surface area (Å²) in [6, 6.07) is 5.29. The van der Waals surface area contributed by atoms with Crippen LogP contribution in [0.3, 0.4) is 0 Å². The maximum atomic E-state index is 12.0. The van der Waals surface area contributed by atoms with E-state index in [-0.39, 0.29) is 19.1 Å². The van der Waals surface area contributed by atoms with E-state index in [1.165, 1.54) is 4.68 Å². The van der Waals surface area contributed by atoms with Crippen LogP contribution < -0.4 is 5.32 Å². The van der Waals surface area contributed by atoms with Crippen LogP contribution in [-0.2, 0) is 24.4 Å². The van der Waals surface area contributed by atoms with E-state index in [9.17, 15) is 9.90 Å². The van der Waals surface area contributed by atoms with Gasteiger partial charge in [-0.1, -0.05) is 25.1 Å². The third-order valence-electron chi connectivity index (χ3n) is 2.90. The van der Waals surface area contributed by atoms with E-state index in [0.717, 1.165) is 5.69 Å². The van der Waals surface area contributed by atoms with Gasteiger partial charge < -0.3 is 10.4 Å². The number of hydrogen-bond donors (Lipinski definition) is 2. The van der Waals surface area contributed by atoms with Crippen LogP contribution in [0.15, 0.2) is 24.4 Å². The molecule has 7 nitrogen and oxygen atoms in total. The Morgan fingerprint density at radius 1 is 1.43 bits per heavy atom. The highest BCUT2D eigenvalue weighted by Crippen LogP contribution is 2.12. The van der Waals surface area contributed by atoms with Crippen molar-refractivity contribution < 1.29 is 9.90 Å². The van der Waals surface area contributed by atoms with Gasteiger partial charge in [0.2, 0.25) is 5.91 Å². The van der Waals surface area contributed by atoms with E-state index in [1.54, 1.807) is 24.4 Å².